The Bertz CT molecular complexity index is 407. The summed E-state index contributed by atoms with van der Waals surface area (Å²) in [6.45, 7) is 8.67. The van der Waals surface area contributed by atoms with Gasteiger partial charge in [-0.25, -0.2) is 0 Å². The van der Waals surface area contributed by atoms with Gasteiger partial charge in [0.1, 0.15) is 0 Å². The molecule has 0 atom stereocenters. The Kier molecular flexibility index (Phi) is 6.24. The van der Waals surface area contributed by atoms with Gasteiger partial charge in [-0.2, -0.15) is 5.26 Å². The van der Waals surface area contributed by atoms with Crippen molar-refractivity contribution in [2.45, 2.75) is 27.2 Å². The Labute approximate surface area is 110 Å². The topological polar surface area (TPSA) is 45.0 Å². The first-order valence-corrected chi connectivity index (χ1v) is 6.46. The van der Waals surface area contributed by atoms with Gasteiger partial charge in [0.15, 0.2) is 0 Å². The molecule has 0 saturated heterocycles. The lowest BCUT2D eigenvalue weighted by Gasteiger charge is -2.09. The molecule has 0 bridgehead atoms. The second-order valence-electron chi connectivity index (χ2n) is 4.86. The largest absolute Gasteiger partial charge is 0.383 e. The van der Waals surface area contributed by atoms with E-state index in [1.54, 1.807) is 0 Å². The highest BCUT2D eigenvalue weighted by Gasteiger charge is 1.99. The lowest BCUT2D eigenvalue weighted by Crippen LogP contribution is -2.11. The first-order chi connectivity index (χ1) is 8.63. The third-order valence-corrected chi connectivity index (χ3v) is 2.76. The van der Waals surface area contributed by atoms with Crippen LogP contribution >= 0.6 is 0 Å². The average molecular weight is 246 g/mol. The second kappa shape index (κ2) is 7.73. The smallest absolute Gasteiger partial charge is 0.0994 e. The number of nitriles is 1. The second-order valence-corrected chi connectivity index (χ2v) is 4.86. The van der Waals surface area contributed by atoms with Crippen molar-refractivity contribution in [3.63, 3.8) is 0 Å². The molecule has 0 fully saturated rings. The Hall–Kier alpha value is -1.53. The quantitative estimate of drug-likeness (QED) is 0.750. The maximum absolute atomic E-state index is 8.84. The van der Waals surface area contributed by atoms with E-state index in [0.29, 0.717) is 12.5 Å². The van der Waals surface area contributed by atoms with Crippen LogP contribution in [0.1, 0.15) is 31.4 Å². The molecule has 1 aromatic carbocycles. The highest BCUT2D eigenvalue weighted by Crippen LogP contribution is 2.13. The first kappa shape index (κ1) is 14.5. The molecule has 0 heterocycles. The van der Waals surface area contributed by atoms with Crippen molar-refractivity contribution in [3.8, 4) is 6.07 Å². The van der Waals surface area contributed by atoms with Gasteiger partial charge in [-0.15, -0.1) is 0 Å². The number of anilines is 1. The molecule has 0 amide bonds. The van der Waals surface area contributed by atoms with Crippen LogP contribution in [0.25, 0.3) is 0 Å². The molecule has 3 nitrogen and oxygen atoms in total. The van der Waals surface area contributed by atoms with E-state index in [2.05, 4.69) is 25.2 Å². The van der Waals surface area contributed by atoms with Crippen molar-refractivity contribution in [2.24, 2.45) is 5.92 Å². The number of ether oxygens (including phenoxy) is 1. The van der Waals surface area contributed by atoms with E-state index in [-0.39, 0.29) is 0 Å². The van der Waals surface area contributed by atoms with Gasteiger partial charge in [0.25, 0.3) is 0 Å². The number of nitrogens with zero attached hydrogens (tertiary/aromatic N) is 1. The summed E-state index contributed by atoms with van der Waals surface area (Å²) in [5.74, 6) is 0.694. The molecule has 0 spiro atoms. The summed E-state index contributed by atoms with van der Waals surface area (Å²) in [6, 6.07) is 7.93. The van der Waals surface area contributed by atoms with E-state index in [1.165, 1.54) is 0 Å². The van der Waals surface area contributed by atoms with Crippen LogP contribution in [0.4, 0.5) is 5.69 Å². The van der Waals surface area contributed by atoms with Crippen LogP contribution in [0.15, 0.2) is 18.2 Å². The molecule has 1 rings (SSSR count). The molecule has 0 aliphatic carbocycles. The molecular formula is C15H22N2O. The zero-order valence-electron chi connectivity index (χ0n) is 11.5. The SMILES string of the molecule is Cc1cc(NCCOCCC(C)C)ccc1C#N. The third-order valence-electron chi connectivity index (χ3n) is 2.76. The fourth-order valence-electron chi connectivity index (χ4n) is 1.59. The van der Waals surface area contributed by atoms with Gasteiger partial charge in [-0.1, -0.05) is 13.8 Å². The molecule has 0 radical (unpaired) electrons. The van der Waals surface area contributed by atoms with Crippen LogP contribution in [0.3, 0.4) is 0 Å². The Balaban J connectivity index is 2.24. The first-order valence-electron chi connectivity index (χ1n) is 6.46. The minimum Gasteiger partial charge on any atom is -0.383 e. The lowest BCUT2D eigenvalue weighted by molar-refractivity contribution is 0.132. The number of aryl methyl sites for hydroxylation is 1. The fraction of sp³-hybridized carbons (Fsp3) is 0.533. The highest BCUT2D eigenvalue weighted by molar-refractivity contribution is 5.51. The van der Waals surface area contributed by atoms with Gasteiger partial charge >= 0.3 is 0 Å². The molecule has 98 valence electrons. The Morgan fingerprint density at radius 3 is 2.72 bits per heavy atom. The maximum atomic E-state index is 8.84. The maximum Gasteiger partial charge on any atom is 0.0994 e. The number of rotatable bonds is 7. The number of hydrogen-bond acceptors (Lipinski definition) is 3. The number of benzene rings is 1. The molecule has 1 N–H and O–H groups in total. The van der Waals surface area contributed by atoms with Crippen LogP contribution in [-0.4, -0.2) is 19.8 Å². The lowest BCUT2D eigenvalue weighted by atomic mass is 10.1. The molecule has 1 aromatic rings. The van der Waals surface area contributed by atoms with Gasteiger partial charge in [-0.05, 0) is 43.0 Å². The van der Waals surface area contributed by atoms with Crippen molar-refractivity contribution in [1.29, 1.82) is 5.26 Å². The van der Waals surface area contributed by atoms with E-state index < -0.39 is 0 Å². The van der Waals surface area contributed by atoms with Crippen molar-refractivity contribution in [3.05, 3.63) is 29.3 Å². The van der Waals surface area contributed by atoms with Gasteiger partial charge in [0, 0.05) is 18.8 Å². The predicted molar refractivity (Wildman–Crippen MR) is 74.7 cm³/mol. The minimum atomic E-state index is 0.694. The van der Waals surface area contributed by atoms with Crippen molar-refractivity contribution in [1.82, 2.24) is 0 Å². The van der Waals surface area contributed by atoms with E-state index in [9.17, 15) is 0 Å². The molecule has 0 aromatic heterocycles. The van der Waals surface area contributed by atoms with Crippen molar-refractivity contribution < 1.29 is 4.74 Å². The van der Waals surface area contributed by atoms with Crippen molar-refractivity contribution in [2.75, 3.05) is 25.1 Å². The third kappa shape index (κ3) is 5.20. The van der Waals surface area contributed by atoms with Gasteiger partial charge in [0.05, 0.1) is 18.2 Å². The Morgan fingerprint density at radius 1 is 1.33 bits per heavy atom. The van der Waals surface area contributed by atoms with Gasteiger partial charge < -0.3 is 10.1 Å². The van der Waals surface area contributed by atoms with Crippen LogP contribution in [0.2, 0.25) is 0 Å². The molecular weight excluding hydrogens is 224 g/mol. The number of hydrogen-bond donors (Lipinski definition) is 1. The standard InChI is InChI=1S/C15H22N2O/c1-12(2)6-8-18-9-7-17-15-5-4-14(11-16)13(3)10-15/h4-5,10,12,17H,6-9H2,1-3H3. The fourth-order valence-corrected chi connectivity index (χ4v) is 1.59. The van der Waals surface area contributed by atoms with Crippen molar-refractivity contribution >= 4 is 5.69 Å². The van der Waals surface area contributed by atoms with Crippen LogP contribution in [-0.2, 0) is 4.74 Å². The monoisotopic (exact) mass is 246 g/mol. The van der Waals surface area contributed by atoms with Gasteiger partial charge in [0.2, 0.25) is 0 Å². The van der Waals surface area contributed by atoms with E-state index in [1.807, 2.05) is 25.1 Å². The molecule has 0 aliphatic rings. The highest BCUT2D eigenvalue weighted by atomic mass is 16.5. The molecule has 3 heteroatoms. The summed E-state index contributed by atoms with van der Waals surface area (Å²) < 4.78 is 5.53. The predicted octanol–water partition coefficient (Wildman–Crippen LogP) is 3.34. The Morgan fingerprint density at radius 2 is 2.11 bits per heavy atom. The normalized spacial score (nSPS) is 10.4. The summed E-state index contributed by atoms with van der Waals surface area (Å²) in [6.07, 6.45) is 1.11. The summed E-state index contributed by atoms with van der Waals surface area (Å²) in [5, 5.41) is 12.1. The molecule has 0 saturated carbocycles. The zero-order chi connectivity index (χ0) is 13.4. The van der Waals surface area contributed by atoms with E-state index in [4.69, 9.17) is 10.00 Å². The summed E-state index contributed by atoms with van der Waals surface area (Å²) in [7, 11) is 0. The molecule has 0 unspecified atom stereocenters. The summed E-state index contributed by atoms with van der Waals surface area (Å²) in [4.78, 5) is 0. The van der Waals surface area contributed by atoms with Crippen LogP contribution < -0.4 is 5.32 Å². The van der Waals surface area contributed by atoms with E-state index in [0.717, 1.165) is 36.4 Å². The summed E-state index contributed by atoms with van der Waals surface area (Å²) >= 11 is 0. The van der Waals surface area contributed by atoms with Gasteiger partial charge in [-0.3, -0.25) is 0 Å². The number of nitrogens with one attached hydrogen (secondary N) is 1. The molecule has 0 aliphatic heterocycles. The zero-order valence-corrected chi connectivity index (χ0v) is 11.5. The average Bonchev–Trinajstić information content (AvgIpc) is 2.33. The van der Waals surface area contributed by atoms with Crippen LogP contribution in [0, 0.1) is 24.2 Å². The minimum absolute atomic E-state index is 0.694. The molecule has 18 heavy (non-hydrogen) atoms. The summed E-state index contributed by atoms with van der Waals surface area (Å²) in [5.41, 5.74) is 2.77. The van der Waals surface area contributed by atoms with Crippen LogP contribution in [0.5, 0.6) is 0 Å². The van der Waals surface area contributed by atoms with E-state index >= 15 is 0 Å².